The number of hydrogen-bond donors (Lipinski definition) is 1. The molecule has 0 spiro atoms. The minimum Gasteiger partial charge on any atom is -0.496 e. The predicted molar refractivity (Wildman–Crippen MR) is 111 cm³/mol. The molecular weight excluding hydrogens is 366 g/mol. The number of imidazole rings is 1. The van der Waals surface area contributed by atoms with E-state index < -0.39 is 0 Å². The molecule has 0 radical (unpaired) electrons. The third-order valence-electron chi connectivity index (χ3n) is 4.71. The maximum absolute atomic E-state index is 12.4. The minimum atomic E-state index is -0.120. The summed E-state index contributed by atoms with van der Waals surface area (Å²) in [4.78, 5) is 28.4. The Morgan fingerprint density at radius 2 is 1.93 bits per heavy atom. The Labute approximate surface area is 170 Å². The molecule has 0 aliphatic rings. The number of benzene rings is 2. The number of carbonyl (C=O) groups is 2. The first kappa shape index (κ1) is 20.3. The van der Waals surface area contributed by atoms with Gasteiger partial charge in [0.25, 0.3) is 0 Å². The van der Waals surface area contributed by atoms with Gasteiger partial charge in [-0.05, 0) is 30.7 Å². The van der Waals surface area contributed by atoms with Gasteiger partial charge in [-0.1, -0.05) is 30.3 Å². The van der Waals surface area contributed by atoms with E-state index in [1.807, 2.05) is 24.4 Å². The predicted octanol–water partition coefficient (Wildman–Crippen LogP) is 3.04. The highest BCUT2D eigenvalue weighted by molar-refractivity contribution is 5.94. The number of Topliss-reactive ketones (excluding diaryl/α,β-unsaturated/α-hetero) is 1. The Balaban J connectivity index is 1.55. The number of ether oxygens (including phenoxy) is 1. The van der Waals surface area contributed by atoms with Crippen molar-refractivity contribution in [2.45, 2.75) is 26.3 Å². The van der Waals surface area contributed by atoms with Crippen molar-refractivity contribution in [1.82, 2.24) is 14.9 Å². The third kappa shape index (κ3) is 5.54. The highest BCUT2D eigenvalue weighted by atomic mass is 16.5. The van der Waals surface area contributed by atoms with Crippen LogP contribution in [-0.4, -0.2) is 34.9 Å². The normalized spacial score (nSPS) is 10.6. The molecule has 150 valence electrons. The number of methoxy groups -OCH3 is 1. The van der Waals surface area contributed by atoms with Gasteiger partial charge >= 0.3 is 0 Å². The lowest BCUT2D eigenvalue weighted by Crippen LogP contribution is -2.28. The van der Waals surface area contributed by atoms with E-state index in [-0.39, 0.29) is 18.1 Å². The van der Waals surface area contributed by atoms with E-state index in [0.717, 1.165) is 12.4 Å². The molecule has 1 amide bonds. The first-order valence-corrected chi connectivity index (χ1v) is 9.55. The van der Waals surface area contributed by atoms with Gasteiger partial charge in [-0.2, -0.15) is 0 Å². The Morgan fingerprint density at radius 3 is 2.66 bits per heavy atom. The number of carbonyl (C=O) groups excluding carboxylic acids is 2. The van der Waals surface area contributed by atoms with E-state index in [0.29, 0.717) is 29.8 Å². The fraction of sp³-hybridized carbons (Fsp3) is 0.261. The smallest absolute Gasteiger partial charge is 0.224 e. The summed E-state index contributed by atoms with van der Waals surface area (Å²) in [6.07, 6.45) is 4.51. The van der Waals surface area contributed by atoms with Gasteiger partial charge in [-0.3, -0.25) is 9.59 Å². The van der Waals surface area contributed by atoms with E-state index in [4.69, 9.17) is 4.74 Å². The molecule has 0 aliphatic carbocycles. The maximum atomic E-state index is 12.4. The first-order valence-electron chi connectivity index (χ1n) is 9.55. The van der Waals surface area contributed by atoms with Crippen molar-refractivity contribution in [2.75, 3.05) is 13.7 Å². The summed E-state index contributed by atoms with van der Waals surface area (Å²) in [5.41, 5.74) is 2.47. The lowest BCUT2D eigenvalue weighted by Gasteiger charge is -2.11. The highest BCUT2D eigenvalue weighted by Gasteiger charge is 2.12. The van der Waals surface area contributed by atoms with Crippen molar-refractivity contribution in [3.63, 3.8) is 0 Å². The number of ketones is 1. The SMILES string of the molecule is COc1ccc(C(C)=O)cc1CC(=O)NCCc1nccn1Cc1ccccc1. The topological polar surface area (TPSA) is 73.2 Å². The largest absolute Gasteiger partial charge is 0.496 e. The summed E-state index contributed by atoms with van der Waals surface area (Å²) in [5.74, 6) is 1.36. The molecule has 0 atom stereocenters. The Morgan fingerprint density at radius 1 is 1.14 bits per heavy atom. The standard InChI is InChI=1S/C23H25N3O3/c1-17(27)19-8-9-21(29-2)20(14-19)15-23(28)25-11-10-22-24-12-13-26(22)16-18-6-4-3-5-7-18/h3-9,12-14H,10-11,15-16H2,1-2H3,(H,25,28). The van der Waals surface area contributed by atoms with Gasteiger partial charge in [0.1, 0.15) is 11.6 Å². The molecule has 1 heterocycles. The molecule has 1 aromatic heterocycles. The van der Waals surface area contributed by atoms with Gasteiger partial charge in [0.15, 0.2) is 5.78 Å². The minimum absolute atomic E-state index is 0.0421. The summed E-state index contributed by atoms with van der Waals surface area (Å²) >= 11 is 0. The van der Waals surface area contributed by atoms with Gasteiger partial charge in [0.2, 0.25) is 5.91 Å². The maximum Gasteiger partial charge on any atom is 0.224 e. The molecule has 1 N–H and O–H groups in total. The zero-order valence-electron chi connectivity index (χ0n) is 16.7. The quantitative estimate of drug-likeness (QED) is 0.569. The fourth-order valence-corrected chi connectivity index (χ4v) is 3.18. The van der Waals surface area contributed by atoms with Crippen LogP contribution in [0.1, 0.15) is 34.2 Å². The summed E-state index contributed by atoms with van der Waals surface area (Å²) in [7, 11) is 1.55. The number of hydrogen-bond acceptors (Lipinski definition) is 4. The van der Waals surface area contributed by atoms with Crippen molar-refractivity contribution in [3.05, 3.63) is 83.4 Å². The second-order valence-electron chi connectivity index (χ2n) is 6.82. The second-order valence-corrected chi connectivity index (χ2v) is 6.82. The van der Waals surface area contributed by atoms with Crippen molar-refractivity contribution in [1.29, 1.82) is 0 Å². The molecule has 0 saturated carbocycles. The van der Waals surface area contributed by atoms with Crippen molar-refractivity contribution in [2.24, 2.45) is 0 Å². The van der Waals surface area contributed by atoms with E-state index in [2.05, 4.69) is 27.0 Å². The van der Waals surface area contributed by atoms with Crippen molar-refractivity contribution >= 4 is 11.7 Å². The molecule has 2 aromatic carbocycles. The monoisotopic (exact) mass is 391 g/mol. The van der Waals surface area contributed by atoms with Crippen LogP contribution in [0.3, 0.4) is 0 Å². The Bertz CT molecular complexity index is 980. The van der Waals surface area contributed by atoms with Crippen LogP contribution in [0.5, 0.6) is 5.75 Å². The number of amides is 1. The molecule has 3 aromatic rings. The van der Waals surface area contributed by atoms with Gasteiger partial charge < -0.3 is 14.6 Å². The lowest BCUT2D eigenvalue weighted by molar-refractivity contribution is -0.120. The second kappa shape index (κ2) is 9.68. The molecular formula is C23H25N3O3. The van der Waals surface area contributed by atoms with Crippen molar-refractivity contribution in [3.8, 4) is 5.75 Å². The average Bonchev–Trinajstić information content (AvgIpc) is 3.15. The van der Waals surface area contributed by atoms with Crippen LogP contribution in [0, 0.1) is 0 Å². The van der Waals surface area contributed by atoms with Crippen LogP contribution in [0.15, 0.2) is 60.9 Å². The molecule has 0 fully saturated rings. The molecule has 6 heteroatoms. The van der Waals surface area contributed by atoms with E-state index >= 15 is 0 Å². The Kier molecular flexibility index (Phi) is 6.79. The van der Waals surface area contributed by atoms with Crippen molar-refractivity contribution < 1.29 is 14.3 Å². The number of rotatable bonds is 9. The zero-order valence-corrected chi connectivity index (χ0v) is 16.7. The number of aromatic nitrogens is 2. The summed E-state index contributed by atoms with van der Waals surface area (Å²) < 4.78 is 7.40. The van der Waals surface area contributed by atoms with Crippen LogP contribution in [0.4, 0.5) is 0 Å². The van der Waals surface area contributed by atoms with E-state index in [9.17, 15) is 9.59 Å². The first-order chi connectivity index (χ1) is 14.1. The third-order valence-corrected chi connectivity index (χ3v) is 4.71. The van der Waals surface area contributed by atoms with Crippen LogP contribution in [0.25, 0.3) is 0 Å². The molecule has 0 bridgehead atoms. The zero-order chi connectivity index (χ0) is 20.6. The summed E-state index contributed by atoms with van der Waals surface area (Å²) in [6, 6.07) is 15.3. The van der Waals surface area contributed by atoms with Gasteiger partial charge in [0.05, 0.1) is 13.5 Å². The summed E-state index contributed by atoms with van der Waals surface area (Å²) in [6.45, 7) is 2.74. The average molecular weight is 391 g/mol. The molecule has 29 heavy (non-hydrogen) atoms. The summed E-state index contributed by atoms with van der Waals surface area (Å²) in [5, 5.41) is 2.93. The number of nitrogens with one attached hydrogen (secondary N) is 1. The molecule has 3 rings (SSSR count). The molecule has 6 nitrogen and oxygen atoms in total. The number of nitrogens with zero attached hydrogens (tertiary/aromatic N) is 2. The van der Waals surface area contributed by atoms with Crippen LogP contribution >= 0.6 is 0 Å². The molecule has 0 saturated heterocycles. The van der Waals surface area contributed by atoms with Gasteiger partial charge in [-0.15, -0.1) is 0 Å². The van der Waals surface area contributed by atoms with E-state index in [1.54, 1.807) is 31.5 Å². The highest BCUT2D eigenvalue weighted by Crippen LogP contribution is 2.20. The van der Waals surface area contributed by atoms with Crippen LogP contribution in [-0.2, 0) is 24.2 Å². The molecule has 0 aliphatic heterocycles. The molecule has 0 unspecified atom stereocenters. The lowest BCUT2D eigenvalue weighted by atomic mass is 10.0. The van der Waals surface area contributed by atoms with Gasteiger partial charge in [0, 0.05) is 43.0 Å². The van der Waals surface area contributed by atoms with E-state index in [1.165, 1.54) is 12.5 Å². The van der Waals surface area contributed by atoms with Crippen LogP contribution < -0.4 is 10.1 Å². The van der Waals surface area contributed by atoms with Gasteiger partial charge in [-0.25, -0.2) is 4.98 Å². The van der Waals surface area contributed by atoms with Crippen LogP contribution in [0.2, 0.25) is 0 Å². The Hall–Kier alpha value is -3.41. The fourth-order valence-electron chi connectivity index (χ4n) is 3.18.